The number of hydrogen-bond donors (Lipinski definition) is 2. The predicted octanol–water partition coefficient (Wildman–Crippen LogP) is 2.05. The van der Waals surface area contributed by atoms with Crippen molar-refractivity contribution in [3.05, 3.63) is 22.4 Å². The molecule has 0 spiro atoms. The van der Waals surface area contributed by atoms with Gasteiger partial charge in [-0.05, 0) is 37.4 Å². The first-order valence-corrected chi connectivity index (χ1v) is 7.99. The van der Waals surface area contributed by atoms with Gasteiger partial charge in [-0.25, -0.2) is 0 Å². The molecule has 0 aliphatic carbocycles. The summed E-state index contributed by atoms with van der Waals surface area (Å²) in [6, 6.07) is 4.66. The van der Waals surface area contributed by atoms with Crippen LogP contribution in [0.25, 0.3) is 0 Å². The highest BCUT2D eigenvalue weighted by Gasteiger charge is 2.23. The molecule has 21 heavy (non-hydrogen) atoms. The summed E-state index contributed by atoms with van der Waals surface area (Å²) < 4.78 is 4.98. The van der Waals surface area contributed by atoms with Crippen molar-refractivity contribution >= 4 is 41.3 Å². The second-order valence-electron chi connectivity index (χ2n) is 4.92. The molecule has 0 bridgehead atoms. The zero-order valence-corrected chi connectivity index (χ0v) is 15.6. The number of ether oxygens (including phenoxy) is 1. The summed E-state index contributed by atoms with van der Waals surface area (Å²) in [7, 11) is 1.68. The van der Waals surface area contributed by atoms with E-state index in [0.717, 1.165) is 13.1 Å². The van der Waals surface area contributed by atoms with Crippen LogP contribution in [0.3, 0.4) is 0 Å². The van der Waals surface area contributed by atoms with Gasteiger partial charge in [0.2, 0.25) is 0 Å². The zero-order valence-electron chi connectivity index (χ0n) is 12.5. The largest absolute Gasteiger partial charge is 0.383 e. The first-order chi connectivity index (χ1) is 9.81. The lowest BCUT2D eigenvalue weighted by molar-refractivity contribution is 0.203. The van der Waals surface area contributed by atoms with Gasteiger partial charge in [-0.15, -0.1) is 35.3 Å². The Morgan fingerprint density at radius 1 is 1.52 bits per heavy atom. The van der Waals surface area contributed by atoms with Crippen molar-refractivity contribution in [3.8, 4) is 0 Å². The van der Waals surface area contributed by atoms with Crippen LogP contribution < -0.4 is 11.1 Å². The molecule has 2 heterocycles. The van der Waals surface area contributed by atoms with Crippen LogP contribution in [0.4, 0.5) is 0 Å². The maximum Gasteiger partial charge on any atom is 0.188 e. The van der Waals surface area contributed by atoms with Crippen LogP contribution in [0.2, 0.25) is 0 Å². The number of halogens is 1. The molecule has 1 aromatic rings. The fraction of sp³-hybridized carbons (Fsp3) is 0.643. The summed E-state index contributed by atoms with van der Waals surface area (Å²) >= 11 is 1.80. The van der Waals surface area contributed by atoms with Crippen LogP contribution in [-0.4, -0.2) is 50.8 Å². The Balaban J connectivity index is 0.00000220. The molecule has 1 unspecified atom stereocenters. The minimum atomic E-state index is 0. The van der Waals surface area contributed by atoms with Gasteiger partial charge < -0.3 is 15.8 Å². The third-order valence-electron chi connectivity index (χ3n) is 3.50. The van der Waals surface area contributed by atoms with Gasteiger partial charge in [-0.2, -0.15) is 0 Å². The Hall–Kier alpha value is -0.380. The summed E-state index contributed by atoms with van der Waals surface area (Å²) in [5.74, 6) is 0.503. The average Bonchev–Trinajstić information content (AvgIpc) is 3.12. The first kappa shape index (κ1) is 18.7. The minimum Gasteiger partial charge on any atom is -0.383 e. The van der Waals surface area contributed by atoms with Crippen molar-refractivity contribution in [2.75, 3.05) is 39.9 Å². The number of methoxy groups -OCH3 is 1. The minimum absolute atomic E-state index is 0. The number of nitrogens with zero attached hydrogens (tertiary/aromatic N) is 2. The van der Waals surface area contributed by atoms with Crippen LogP contribution in [-0.2, 0) is 4.74 Å². The third-order valence-corrected chi connectivity index (χ3v) is 4.47. The molecule has 3 N–H and O–H groups in total. The molecule has 1 aliphatic rings. The number of thiophene rings is 1. The molecule has 2 rings (SSSR count). The number of rotatable bonds is 7. The molecule has 120 valence electrons. The van der Waals surface area contributed by atoms with Gasteiger partial charge in [0.15, 0.2) is 5.96 Å². The van der Waals surface area contributed by atoms with Gasteiger partial charge >= 0.3 is 0 Å². The van der Waals surface area contributed by atoms with Crippen molar-refractivity contribution in [2.24, 2.45) is 10.7 Å². The normalized spacial score (nSPS) is 17.5. The Kier molecular flexibility index (Phi) is 9.21. The number of likely N-dealkylation sites (tertiary alicyclic amines) is 1. The molecular formula is C14H25IN4OS. The molecule has 1 aliphatic heterocycles. The topological polar surface area (TPSA) is 62.9 Å². The van der Waals surface area contributed by atoms with Crippen LogP contribution in [0, 0.1) is 0 Å². The van der Waals surface area contributed by atoms with E-state index >= 15 is 0 Å². The lowest BCUT2D eigenvalue weighted by Crippen LogP contribution is -2.35. The van der Waals surface area contributed by atoms with Gasteiger partial charge in [0.05, 0.1) is 19.2 Å². The highest BCUT2D eigenvalue weighted by molar-refractivity contribution is 14.0. The maximum absolute atomic E-state index is 5.88. The molecule has 1 saturated heterocycles. The molecule has 1 atom stereocenters. The number of aliphatic imine (C=N–C) groups is 1. The summed E-state index contributed by atoms with van der Waals surface area (Å²) in [6.45, 7) is 4.37. The highest BCUT2D eigenvalue weighted by Crippen LogP contribution is 2.28. The standard InChI is InChI=1S/C14H24N4OS.HI/c1-19-9-6-16-14(15)17-11-12(13-5-4-10-20-13)18-7-2-3-8-18;/h4-5,10,12H,2-3,6-9,11H2,1H3,(H3,15,16,17);1H. The number of nitrogens with one attached hydrogen (secondary N) is 1. The number of hydrogen-bond acceptors (Lipinski definition) is 4. The molecule has 1 aromatic heterocycles. The van der Waals surface area contributed by atoms with Gasteiger partial charge in [0.1, 0.15) is 0 Å². The molecule has 0 amide bonds. The van der Waals surface area contributed by atoms with Crippen LogP contribution >= 0.6 is 35.3 Å². The van der Waals surface area contributed by atoms with Gasteiger partial charge in [-0.3, -0.25) is 9.89 Å². The van der Waals surface area contributed by atoms with Crippen LogP contribution in [0.1, 0.15) is 23.8 Å². The Morgan fingerprint density at radius 2 is 2.29 bits per heavy atom. The summed E-state index contributed by atoms with van der Waals surface area (Å²) in [4.78, 5) is 8.38. The fourth-order valence-electron chi connectivity index (χ4n) is 2.44. The Morgan fingerprint density at radius 3 is 2.90 bits per heavy atom. The Bertz CT molecular complexity index is 407. The van der Waals surface area contributed by atoms with E-state index in [1.54, 1.807) is 18.4 Å². The van der Waals surface area contributed by atoms with E-state index < -0.39 is 0 Å². The van der Waals surface area contributed by atoms with E-state index in [9.17, 15) is 0 Å². The molecule has 7 heteroatoms. The van der Waals surface area contributed by atoms with E-state index in [0.29, 0.717) is 31.7 Å². The predicted molar refractivity (Wildman–Crippen MR) is 99.7 cm³/mol. The Labute approximate surface area is 148 Å². The molecule has 0 aromatic carbocycles. The van der Waals surface area contributed by atoms with Crippen molar-refractivity contribution in [3.63, 3.8) is 0 Å². The van der Waals surface area contributed by atoms with Crippen molar-refractivity contribution in [1.82, 2.24) is 10.2 Å². The second-order valence-corrected chi connectivity index (χ2v) is 5.90. The summed E-state index contributed by atoms with van der Waals surface area (Å²) in [5, 5.41) is 5.19. The van der Waals surface area contributed by atoms with Crippen LogP contribution in [0.15, 0.2) is 22.5 Å². The van der Waals surface area contributed by atoms with Crippen molar-refractivity contribution in [1.29, 1.82) is 0 Å². The molecule has 5 nitrogen and oxygen atoms in total. The third kappa shape index (κ3) is 6.09. The van der Waals surface area contributed by atoms with Crippen molar-refractivity contribution in [2.45, 2.75) is 18.9 Å². The van der Waals surface area contributed by atoms with E-state index in [2.05, 4.69) is 32.7 Å². The van der Waals surface area contributed by atoms with E-state index in [-0.39, 0.29) is 24.0 Å². The van der Waals surface area contributed by atoms with Crippen molar-refractivity contribution < 1.29 is 4.74 Å². The molecule has 1 fully saturated rings. The van der Waals surface area contributed by atoms with E-state index in [4.69, 9.17) is 10.5 Å². The monoisotopic (exact) mass is 424 g/mol. The lowest BCUT2D eigenvalue weighted by Gasteiger charge is -2.25. The maximum atomic E-state index is 5.88. The second kappa shape index (κ2) is 10.4. The lowest BCUT2D eigenvalue weighted by atomic mass is 10.2. The fourth-order valence-corrected chi connectivity index (χ4v) is 3.29. The highest BCUT2D eigenvalue weighted by atomic mass is 127. The van der Waals surface area contributed by atoms with E-state index in [1.807, 2.05) is 0 Å². The smallest absolute Gasteiger partial charge is 0.188 e. The number of nitrogens with two attached hydrogens (primary N) is 1. The zero-order chi connectivity index (χ0) is 14.2. The number of guanidine groups is 1. The average molecular weight is 424 g/mol. The van der Waals surface area contributed by atoms with E-state index in [1.165, 1.54) is 17.7 Å². The van der Waals surface area contributed by atoms with Gasteiger partial charge in [0, 0.05) is 18.5 Å². The summed E-state index contributed by atoms with van der Waals surface area (Å²) in [6.07, 6.45) is 2.57. The van der Waals surface area contributed by atoms with Gasteiger partial charge in [0.25, 0.3) is 0 Å². The molecule has 0 radical (unpaired) electrons. The molecule has 0 saturated carbocycles. The SMILES string of the molecule is COCCNC(N)=NCC(c1cccs1)N1CCCC1.I. The summed E-state index contributed by atoms with van der Waals surface area (Å²) in [5.41, 5.74) is 5.88. The molecular weight excluding hydrogens is 399 g/mol. The van der Waals surface area contributed by atoms with Crippen LogP contribution in [0.5, 0.6) is 0 Å². The first-order valence-electron chi connectivity index (χ1n) is 7.11. The van der Waals surface area contributed by atoms with Gasteiger partial charge in [-0.1, -0.05) is 6.07 Å². The quantitative estimate of drug-likeness (QED) is 0.305.